The molecule has 0 N–H and O–H groups in total. The average Bonchev–Trinajstić information content (AvgIpc) is 2.29. The molecule has 2 unspecified atom stereocenters. The Morgan fingerprint density at radius 1 is 1.12 bits per heavy atom. The third kappa shape index (κ3) is 3.98. The molecule has 6 heteroatoms. The highest BCUT2D eigenvalue weighted by molar-refractivity contribution is 5.77. The molecule has 0 radical (unpaired) electrons. The van der Waals surface area contributed by atoms with Crippen molar-refractivity contribution in [3.63, 3.8) is 0 Å². The maximum atomic E-state index is 11.5. The minimum Gasteiger partial charge on any atom is -0.785 e. The second kappa shape index (κ2) is 6.56. The van der Waals surface area contributed by atoms with Crippen molar-refractivity contribution < 1.29 is 19.1 Å². The number of nitrogens with zero attached hydrogens (tertiary/aromatic N) is 1. The molecular weight excluding hydrogens is 226 g/mol. The fourth-order valence-electron chi connectivity index (χ4n) is 1.92. The van der Waals surface area contributed by atoms with Crippen LogP contribution < -0.4 is 0 Å². The first kappa shape index (κ1) is 13.9. The molecule has 1 fully saturated rings. The number of hydrogen-bond acceptors (Lipinski definition) is 6. The second-order valence-corrected chi connectivity index (χ2v) is 3.98. The zero-order chi connectivity index (χ0) is 12.8. The number of esters is 2. The van der Waals surface area contributed by atoms with Gasteiger partial charge < -0.3 is 19.7 Å². The SMILES string of the molecule is CCOC(=O)C1CC(C(=O)OCC)CN([O-])C1. The lowest BCUT2D eigenvalue weighted by atomic mass is 9.90. The van der Waals surface area contributed by atoms with Gasteiger partial charge in [-0.15, -0.1) is 0 Å². The summed E-state index contributed by atoms with van der Waals surface area (Å²) in [4.78, 5) is 23.1. The van der Waals surface area contributed by atoms with E-state index >= 15 is 0 Å². The highest BCUT2D eigenvalue weighted by Crippen LogP contribution is 2.23. The minimum absolute atomic E-state index is 0.0920. The summed E-state index contributed by atoms with van der Waals surface area (Å²) in [5, 5.41) is 12.1. The Balaban J connectivity index is 2.58. The predicted octanol–water partition coefficient (Wildman–Crippen LogP) is 0.549. The van der Waals surface area contributed by atoms with Gasteiger partial charge in [0.05, 0.1) is 25.0 Å². The molecule has 0 aromatic rings. The van der Waals surface area contributed by atoms with E-state index in [1.165, 1.54) is 0 Å². The quantitative estimate of drug-likeness (QED) is 0.672. The molecule has 0 aliphatic carbocycles. The van der Waals surface area contributed by atoms with E-state index in [0.717, 1.165) is 5.06 Å². The number of carbonyl (C=O) groups is 2. The third-order valence-corrected chi connectivity index (χ3v) is 2.66. The van der Waals surface area contributed by atoms with E-state index in [1.807, 2.05) is 0 Å². The topological polar surface area (TPSA) is 78.9 Å². The van der Waals surface area contributed by atoms with Crippen LogP contribution in [0.3, 0.4) is 0 Å². The molecule has 0 aromatic heterocycles. The third-order valence-electron chi connectivity index (χ3n) is 2.66. The number of hydroxylamine groups is 2. The largest absolute Gasteiger partial charge is 0.785 e. The van der Waals surface area contributed by atoms with Crippen molar-refractivity contribution in [3.8, 4) is 0 Å². The minimum atomic E-state index is -0.532. The maximum Gasteiger partial charge on any atom is 0.310 e. The molecule has 0 spiro atoms. The van der Waals surface area contributed by atoms with E-state index in [9.17, 15) is 14.8 Å². The van der Waals surface area contributed by atoms with Crippen molar-refractivity contribution in [1.29, 1.82) is 0 Å². The Hall–Kier alpha value is -1.14. The van der Waals surface area contributed by atoms with Crippen LogP contribution in [0.5, 0.6) is 0 Å². The van der Waals surface area contributed by atoms with Crippen molar-refractivity contribution in [3.05, 3.63) is 5.21 Å². The van der Waals surface area contributed by atoms with Crippen molar-refractivity contribution in [2.24, 2.45) is 11.8 Å². The van der Waals surface area contributed by atoms with E-state index in [4.69, 9.17) is 9.47 Å². The lowest BCUT2D eigenvalue weighted by molar-refractivity contribution is -0.155. The van der Waals surface area contributed by atoms with Gasteiger partial charge in [0.15, 0.2) is 0 Å². The van der Waals surface area contributed by atoms with Gasteiger partial charge in [-0.25, -0.2) is 0 Å². The van der Waals surface area contributed by atoms with Gasteiger partial charge in [-0.1, -0.05) is 0 Å². The Morgan fingerprint density at radius 3 is 1.88 bits per heavy atom. The second-order valence-electron chi connectivity index (χ2n) is 3.98. The van der Waals surface area contributed by atoms with E-state index < -0.39 is 23.8 Å². The Bertz CT molecular complexity index is 255. The van der Waals surface area contributed by atoms with Crippen LogP contribution in [0.1, 0.15) is 20.3 Å². The van der Waals surface area contributed by atoms with Crippen LogP contribution >= 0.6 is 0 Å². The zero-order valence-corrected chi connectivity index (χ0v) is 10.2. The van der Waals surface area contributed by atoms with Crippen LogP contribution in [0.4, 0.5) is 0 Å². The monoisotopic (exact) mass is 244 g/mol. The summed E-state index contributed by atoms with van der Waals surface area (Å²) < 4.78 is 9.72. The molecule has 0 bridgehead atoms. The summed E-state index contributed by atoms with van der Waals surface area (Å²) in [6.45, 7) is 4.15. The lowest BCUT2D eigenvalue weighted by Crippen LogP contribution is -2.43. The predicted molar refractivity (Wildman–Crippen MR) is 59.8 cm³/mol. The summed E-state index contributed by atoms with van der Waals surface area (Å²) in [5.41, 5.74) is 0. The lowest BCUT2D eigenvalue weighted by Gasteiger charge is -2.39. The first-order valence-electron chi connectivity index (χ1n) is 5.83. The van der Waals surface area contributed by atoms with Gasteiger partial charge in [0.1, 0.15) is 0 Å². The van der Waals surface area contributed by atoms with Gasteiger partial charge >= 0.3 is 11.9 Å². The molecule has 2 atom stereocenters. The zero-order valence-electron chi connectivity index (χ0n) is 10.2. The van der Waals surface area contributed by atoms with Crippen LogP contribution in [0.25, 0.3) is 0 Å². The van der Waals surface area contributed by atoms with E-state index in [-0.39, 0.29) is 26.3 Å². The van der Waals surface area contributed by atoms with Crippen molar-refractivity contribution in [2.45, 2.75) is 20.3 Å². The normalized spacial score (nSPS) is 25.4. The van der Waals surface area contributed by atoms with Crippen LogP contribution in [-0.2, 0) is 19.1 Å². The Morgan fingerprint density at radius 2 is 1.53 bits per heavy atom. The van der Waals surface area contributed by atoms with Gasteiger partial charge in [0.2, 0.25) is 0 Å². The smallest absolute Gasteiger partial charge is 0.310 e. The van der Waals surface area contributed by atoms with Crippen molar-refractivity contribution >= 4 is 11.9 Å². The highest BCUT2D eigenvalue weighted by atomic mass is 16.5. The molecule has 1 aliphatic rings. The Kier molecular flexibility index (Phi) is 5.37. The summed E-state index contributed by atoms with van der Waals surface area (Å²) in [6, 6.07) is 0. The van der Waals surface area contributed by atoms with Crippen molar-refractivity contribution in [2.75, 3.05) is 26.3 Å². The number of ether oxygens (including phenoxy) is 2. The van der Waals surface area contributed by atoms with Gasteiger partial charge in [-0.2, -0.15) is 0 Å². The number of rotatable bonds is 4. The molecule has 1 rings (SSSR count). The Labute approximate surface area is 100 Å². The number of hydrogen-bond donors (Lipinski definition) is 0. The molecule has 0 amide bonds. The fourth-order valence-corrected chi connectivity index (χ4v) is 1.92. The summed E-state index contributed by atoms with van der Waals surface area (Å²) in [5.74, 6) is -1.89. The van der Waals surface area contributed by atoms with E-state index in [0.29, 0.717) is 6.42 Å². The van der Waals surface area contributed by atoms with Gasteiger partial charge in [0.25, 0.3) is 0 Å². The van der Waals surface area contributed by atoms with Crippen LogP contribution in [-0.4, -0.2) is 43.3 Å². The van der Waals surface area contributed by atoms with Crippen LogP contribution in [0, 0.1) is 17.0 Å². The van der Waals surface area contributed by atoms with Gasteiger partial charge in [-0.3, -0.25) is 9.59 Å². The first-order valence-corrected chi connectivity index (χ1v) is 5.83. The number of piperidine rings is 1. The average molecular weight is 244 g/mol. The molecule has 1 aliphatic heterocycles. The standard InChI is InChI=1S/C11H18NO5/c1-3-16-10(13)8-5-9(7-12(15)6-8)11(14)17-4-2/h8-9H,3-7H2,1-2H3/q-1. The summed E-state index contributed by atoms with van der Waals surface area (Å²) >= 11 is 0. The molecule has 1 heterocycles. The molecule has 17 heavy (non-hydrogen) atoms. The van der Waals surface area contributed by atoms with Gasteiger partial charge in [-0.05, 0) is 33.4 Å². The van der Waals surface area contributed by atoms with E-state index in [1.54, 1.807) is 13.8 Å². The van der Waals surface area contributed by atoms with Crippen LogP contribution in [0.15, 0.2) is 0 Å². The fraction of sp³-hybridized carbons (Fsp3) is 0.818. The first-order chi connectivity index (χ1) is 8.08. The molecule has 98 valence electrons. The van der Waals surface area contributed by atoms with Crippen LogP contribution in [0.2, 0.25) is 0 Å². The molecule has 0 saturated carbocycles. The molecule has 1 saturated heterocycles. The molecular formula is C11H18NO5-. The summed E-state index contributed by atoms with van der Waals surface area (Å²) in [7, 11) is 0. The highest BCUT2D eigenvalue weighted by Gasteiger charge is 2.33. The summed E-state index contributed by atoms with van der Waals surface area (Å²) in [6.07, 6.45) is 0.330. The number of carbonyl (C=O) groups excluding carboxylic acids is 2. The molecule has 6 nitrogen and oxygen atoms in total. The van der Waals surface area contributed by atoms with E-state index in [2.05, 4.69) is 0 Å². The molecule has 0 aromatic carbocycles. The van der Waals surface area contributed by atoms with Crippen molar-refractivity contribution in [1.82, 2.24) is 5.06 Å². The maximum absolute atomic E-state index is 11.5. The van der Waals surface area contributed by atoms with Gasteiger partial charge in [0, 0.05) is 0 Å².